The van der Waals surface area contributed by atoms with Gasteiger partial charge in [0.2, 0.25) is 0 Å². The molecule has 1 nitrogen and oxygen atoms in total. The van der Waals surface area contributed by atoms with Gasteiger partial charge in [-0.1, -0.05) is 39.0 Å². The van der Waals surface area contributed by atoms with E-state index in [1.54, 1.807) is 0 Å². The molecule has 2 aliphatic rings. The van der Waals surface area contributed by atoms with E-state index in [0.29, 0.717) is 5.92 Å². The molecule has 0 heterocycles. The van der Waals surface area contributed by atoms with E-state index < -0.39 is 0 Å². The van der Waals surface area contributed by atoms with Crippen LogP contribution in [0.15, 0.2) is 0 Å². The minimum Gasteiger partial charge on any atom is -0.198 e. The summed E-state index contributed by atoms with van der Waals surface area (Å²) in [5.74, 6) is 3.38. The molecule has 18 heavy (non-hydrogen) atoms. The summed E-state index contributed by atoms with van der Waals surface area (Å²) < 4.78 is 0. The van der Waals surface area contributed by atoms with Gasteiger partial charge in [0.1, 0.15) is 0 Å². The largest absolute Gasteiger partial charge is 0.198 e. The van der Waals surface area contributed by atoms with Crippen LogP contribution in [0, 0.1) is 35.0 Å². The normalized spacial score (nSPS) is 37.1. The molecule has 1 heteroatoms. The minimum atomic E-state index is 0.377. The van der Waals surface area contributed by atoms with Gasteiger partial charge in [0.15, 0.2) is 0 Å². The topological polar surface area (TPSA) is 23.8 Å². The number of hydrogen-bond acceptors (Lipinski definition) is 1. The lowest BCUT2D eigenvalue weighted by Gasteiger charge is -2.36. The monoisotopic (exact) mass is 247 g/mol. The van der Waals surface area contributed by atoms with Gasteiger partial charge in [-0.15, -0.1) is 0 Å². The molecule has 0 spiro atoms. The Hall–Kier alpha value is -0.510. The van der Waals surface area contributed by atoms with Crippen LogP contribution in [-0.2, 0) is 0 Å². The van der Waals surface area contributed by atoms with E-state index in [1.807, 2.05) is 0 Å². The van der Waals surface area contributed by atoms with Gasteiger partial charge in [0.05, 0.1) is 6.07 Å². The van der Waals surface area contributed by atoms with Crippen molar-refractivity contribution in [3.63, 3.8) is 0 Å². The maximum Gasteiger partial charge on any atom is 0.0655 e. The Balaban J connectivity index is 1.69. The second-order valence-electron chi connectivity index (χ2n) is 6.66. The fourth-order valence-corrected chi connectivity index (χ4v) is 4.16. The first-order chi connectivity index (χ1) is 8.83. The molecular formula is C17H29N. The summed E-state index contributed by atoms with van der Waals surface area (Å²) in [6.07, 6.45) is 15.2. The van der Waals surface area contributed by atoms with Crippen LogP contribution in [0.1, 0.15) is 77.6 Å². The highest BCUT2D eigenvalue weighted by Gasteiger charge is 2.30. The molecular weight excluding hydrogens is 218 g/mol. The smallest absolute Gasteiger partial charge is 0.0655 e. The molecule has 0 amide bonds. The predicted octanol–water partition coefficient (Wildman–Crippen LogP) is 5.31. The maximum atomic E-state index is 8.95. The molecule has 0 N–H and O–H groups in total. The lowest BCUT2D eigenvalue weighted by Crippen LogP contribution is -2.25. The van der Waals surface area contributed by atoms with Crippen LogP contribution in [0.3, 0.4) is 0 Å². The van der Waals surface area contributed by atoms with Crippen LogP contribution < -0.4 is 0 Å². The van der Waals surface area contributed by atoms with E-state index in [1.165, 1.54) is 70.6 Å². The van der Waals surface area contributed by atoms with Crippen LogP contribution in [-0.4, -0.2) is 0 Å². The average molecular weight is 247 g/mol. The third kappa shape index (κ3) is 3.74. The van der Waals surface area contributed by atoms with E-state index >= 15 is 0 Å². The van der Waals surface area contributed by atoms with Gasteiger partial charge in [0, 0.05) is 5.92 Å². The third-order valence-corrected chi connectivity index (χ3v) is 5.48. The molecule has 0 aromatic rings. The van der Waals surface area contributed by atoms with Crippen molar-refractivity contribution >= 4 is 0 Å². The minimum absolute atomic E-state index is 0.377. The number of rotatable bonds is 4. The lowest BCUT2D eigenvalue weighted by atomic mass is 9.69. The molecule has 2 saturated carbocycles. The summed E-state index contributed by atoms with van der Waals surface area (Å²) >= 11 is 0. The molecule has 102 valence electrons. The molecule has 0 atom stereocenters. The van der Waals surface area contributed by atoms with E-state index in [9.17, 15) is 0 Å². The van der Waals surface area contributed by atoms with E-state index in [4.69, 9.17) is 5.26 Å². The first-order valence-electron chi connectivity index (χ1n) is 8.23. The molecule has 0 unspecified atom stereocenters. The quantitative estimate of drug-likeness (QED) is 0.660. The third-order valence-electron chi connectivity index (χ3n) is 5.48. The lowest BCUT2D eigenvalue weighted by molar-refractivity contribution is 0.153. The molecule has 0 aromatic heterocycles. The zero-order valence-corrected chi connectivity index (χ0v) is 12.0. The molecule has 0 aromatic carbocycles. The molecule has 2 rings (SSSR count). The first-order valence-corrected chi connectivity index (χ1v) is 8.23. The molecule has 0 saturated heterocycles. The fraction of sp³-hybridized carbons (Fsp3) is 0.941. The van der Waals surface area contributed by atoms with Gasteiger partial charge in [0.25, 0.3) is 0 Å². The summed E-state index contributed by atoms with van der Waals surface area (Å²) in [5.41, 5.74) is 0. The molecule has 0 radical (unpaired) electrons. The molecule has 0 aliphatic heterocycles. The SMILES string of the molecule is CCCC[C@H]1CC[C@H](C2CCC(C#N)CC2)CC1. The van der Waals surface area contributed by atoms with E-state index in [0.717, 1.165) is 17.8 Å². The van der Waals surface area contributed by atoms with Crippen molar-refractivity contribution in [2.75, 3.05) is 0 Å². The van der Waals surface area contributed by atoms with Crippen molar-refractivity contribution in [2.24, 2.45) is 23.7 Å². The Labute approximate surface area is 113 Å². The van der Waals surface area contributed by atoms with Gasteiger partial charge in [-0.2, -0.15) is 5.26 Å². The average Bonchev–Trinajstić information content (AvgIpc) is 2.46. The first kappa shape index (κ1) is 13.9. The number of nitriles is 1. The van der Waals surface area contributed by atoms with Gasteiger partial charge < -0.3 is 0 Å². The van der Waals surface area contributed by atoms with Crippen LogP contribution in [0.5, 0.6) is 0 Å². The second-order valence-corrected chi connectivity index (χ2v) is 6.66. The van der Waals surface area contributed by atoms with Crippen molar-refractivity contribution in [1.29, 1.82) is 5.26 Å². The predicted molar refractivity (Wildman–Crippen MR) is 76.0 cm³/mol. The van der Waals surface area contributed by atoms with Crippen molar-refractivity contribution in [3.8, 4) is 6.07 Å². The van der Waals surface area contributed by atoms with E-state index in [2.05, 4.69) is 13.0 Å². The summed E-state index contributed by atoms with van der Waals surface area (Å²) in [4.78, 5) is 0. The molecule has 2 fully saturated rings. The number of hydrogen-bond donors (Lipinski definition) is 0. The van der Waals surface area contributed by atoms with Gasteiger partial charge in [-0.25, -0.2) is 0 Å². The zero-order valence-electron chi connectivity index (χ0n) is 12.0. The van der Waals surface area contributed by atoms with Crippen LogP contribution in [0.25, 0.3) is 0 Å². The van der Waals surface area contributed by atoms with Crippen molar-refractivity contribution in [2.45, 2.75) is 77.6 Å². The highest BCUT2D eigenvalue weighted by atomic mass is 14.4. The maximum absolute atomic E-state index is 8.95. The summed E-state index contributed by atoms with van der Waals surface area (Å²) in [6, 6.07) is 2.46. The molecule has 0 bridgehead atoms. The Morgan fingerprint density at radius 3 is 1.94 bits per heavy atom. The zero-order chi connectivity index (χ0) is 12.8. The Bertz CT molecular complexity index is 262. The molecule has 2 aliphatic carbocycles. The number of unbranched alkanes of at least 4 members (excludes halogenated alkanes) is 1. The Kier molecular flexibility index (Phi) is 5.54. The van der Waals surface area contributed by atoms with Gasteiger partial charge >= 0.3 is 0 Å². The van der Waals surface area contributed by atoms with Gasteiger partial charge in [-0.05, 0) is 56.3 Å². The van der Waals surface area contributed by atoms with Crippen LogP contribution in [0.4, 0.5) is 0 Å². The second kappa shape index (κ2) is 7.17. The summed E-state index contributed by atoms with van der Waals surface area (Å²) in [7, 11) is 0. The highest BCUT2D eigenvalue weighted by molar-refractivity contribution is 4.89. The summed E-state index contributed by atoms with van der Waals surface area (Å²) in [6.45, 7) is 2.30. The van der Waals surface area contributed by atoms with Crippen LogP contribution >= 0.6 is 0 Å². The Morgan fingerprint density at radius 1 is 0.889 bits per heavy atom. The van der Waals surface area contributed by atoms with Crippen molar-refractivity contribution < 1.29 is 0 Å². The van der Waals surface area contributed by atoms with Crippen LogP contribution in [0.2, 0.25) is 0 Å². The van der Waals surface area contributed by atoms with Crippen molar-refractivity contribution in [1.82, 2.24) is 0 Å². The van der Waals surface area contributed by atoms with Crippen molar-refractivity contribution in [3.05, 3.63) is 0 Å². The summed E-state index contributed by atoms with van der Waals surface area (Å²) in [5, 5.41) is 8.95. The standard InChI is InChI=1S/C17H29N/c1-2-3-4-14-5-9-16(10-6-14)17-11-7-15(13-18)8-12-17/h14-17H,2-12H2,1H3/t14-,15?,16-,17?. The Morgan fingerprint density at radius 2 is 1.44 bits per heavy atom. The fourth-order valence-electron chi connectivity index (χ4n) is 4.16. The highest BCUT2D eigenvalue weighted by Crippen LogP contribution is 2.42. The van der Waals surface area contributed by atoms with Gasteiger partial charge in [-0.3, -0.25) is 0 Å². The number of nitrogens with zero attached hydrogens (tertiary/aromatic N) is 1. The van der Waals surface area contributed by atoms with E-state index in [-0.39, 0.29) is 0 Å².